The molecule has 4 aromatic rings. The average molecular weight is 322 g/mol. The van der Waals surface area contributed by atoms with Gasteiger partial charge in [0.2, 0.25) is 0 Å². The van der Waals surface area contributed by atoms with E-state index in [0.29, 0.717) is 18.5 Å². The Morgan fingerprint density at radius 2 is 1.91 bits per heavy atom. The monoisotopic (exact) mass is 322 g/mol. The van der Waals surface area contributed by atoms with Crippen LogP contribution in [0.2, 0.25) is 0 Å². The molecule has 0 atom stereocenters. The number of fused-ring (bicyclic) bond motifs is 1. The molecule has 23 heavy (non-hydrogen) atoms. The lowest BCUT2D eigenvalue weighted by molar-refractivity contribution is 0.516. The van der Waals surface area contributed by atoms with E-state index in [4.69, 9.17) is 0 Å². The van der Waals surface area contributed by atoms with E-state index in [9.17, 15) is 4.79 Å². The molecule has 5 nitrogen and oxygen atoms in total. The van der Waals surface area contributed by atoms with Gasteiger partial charge < -0.3 is 4.57 Å². The predicted molar refractivity (Wildman–Crippen MR) is 91.5 cm³/mol. The Kier molecular flexibility index (Phi) is 3.51. The maximum absolute atomic E-state index is 12.7. The summed E-state index contributed by atoms with van der Waals surface area (Å²) in [6, 6.07) is 11.7. The third-order valence-electron chi connectivity index (χ3n) is 3.75. The van der Waals surface area contributed by atoms with Crippen LogP contribution in [0.3, 0.4) is 0 Å². The second-order valence-corrected chi connectivity index (χ2v) is 6.15. The smallest absolute Gasteiger partial charge is 0.274 e. The van der Waals surface area contributed by atoms with E-state index in [1.807, 2.05) is 52.5 Å². The van der Waals surface area contributed by atoms with E-state index in [2.05, 4.69) is 10.1 Å². The standard InChI is InChI=1S/C17H14N4OS/c22-17-14-5-2-1-4-13(14)16(15-6-3-11-23-15)19-21(17)10-9-20-8-7-18-12-20/h1-8,11-12H,9-10H2. The summed E-state index contributed by atoms with van der Waals surface area (Å²) in [7, 11) is 0. The number of rotatable bonds is 4. The van der Waals surface area contributed by atoms with Gasteiger partial charge in [-0.1, -0.05) is 24.3 Å². The predicted octanol–water partition coefficient (Wildman–Crippen LogP) is 3.02. The highest BCUT2D eigenvalue weighted by Gasteiger charge is 2.12. The van der Waals surface area contributed by atoms with Gasteiger partial charge in [0.05, 0.1) is 23.1 Å². The minimum Gasteiger partial charge on any atom is -0.336 e. The summed E-state index contributed by atoms with van der Waals surface area (Å²) < 4.78 is 3.49. The summed E-state index contributed by atoms with van der Waals surface area (Å²) in [5, 5.41) is 8.25. The lowest BCUT2D eigenvalue weighted by atomic mass is 10.1. The molecule has 0 N–H and O–H groups in total. The van der Waals surface area contributed by atoms with E-state index in [1.165, 1.54) is 0 Å². The fraction of sp³-hybridized carbons (Fsp3) is 0.118. The quantitative estimate of drug-likeness (QED) is 0.580. The number of aromatic nitrogens is 4. The molecule has 114 valence electrons. The van der Waals surface area contributed by atoms with Crippen LogP contribution in [0.5, 0.6) is 0 Å². The van der Waals surface area contributed by atoms with Gasteiger partial charge in [-0.2, -0.15) is 5.10 Å². The van der Waals surface area contributed by atoms with Crippen LogP contribution in [0.4, 0.5) is 0 Å². The van der Waals surface area contributed by atoms with Crippen LogP contribution >= 0.6 is 11.3 Å². The summed E-state index contributed by atoms with van der Waals surface area (Å²) in [6.07, 6.45) is 5.35. The lowest BCUT2D eigenvalue weighted by Crippen LogP contribution is -2.25. The third-order valence-corrected chi connectivity index (χ3v) is 4.63. The number of thiophene rings is 1. The molecule has 6 heteroatoms. The Morgan fingerprint density at radius 3 is 2.65 bits per heavy atom. The highest BCUT2D eigenvalue weighted by atomic mass is 32.1. The molecule has 3 heterocycles. The van der Waals surface area contributed by atoms with Gasteiger partial charge in [-0.3, -0.25) is 4.79 Å². The molecular formula is C17H14N4OS. The number of nitrogens with zero attached hydrogens (tertiary/aromatic N) is 4. The first kappa shape index (κ1) is 13.9. The van der Waals surface area contributed by atoms with Crippen molar-refractivity contribution >= 4 is 22.1 Å². The fourth-order valence-corrected chi connectivity index (χ4v) is 3.33. The maximum atomic E-state index is 12.7. The molecule has 0 bridgehead atoms. The highest BCUT2D eigenvalue weighted by molar-refractivity contribution is 7.13. The van der Waals surface area contributed by atoms with Crippen molar-refractivity contribution in [2.75, 3.05) is 0 Å². The van der Waals surface area contributed by atoms with E-state index < -0.39 is 0 Å². The zero-order chi connectivity index (χ0) is 15.6. The van der Waals surface area contributed by atoms with Crippen molar-refractivity contribution in [1.82, 2.24) is 19.3 Å². The molecule has 0 unspecified atom stereocenters. The topological polar surface area (TPSA) is 52.7 Å². The summed E-state index contributed by atoms with van der Waals surface area (Å²) in [4.78, 5) is 17.8. The van der Waals surface area contributed by atoms with E-state index in [-0.39, 0.29) is 5.56 Å². The summed E-state index contributed by atoms with van der Waals surface area (Å²) in [6.45, 7) is 1.17. The Balaban J connectivity index is 1.84. The van der Waals surface area contributed by atoms with Crippen LogP contribution in [-0.2, 0) is 13.1 Å². The zero-order valence-corrected chi connectivity index (χ0v) is 13.1. The molecular weight excluding hydrogens is 308 g/mol. The van der Waals surface area contributed by atoms with Gasteiger partial charge in [0, 0.05) is 24.3 Å². The van der Waals surface area contributed by atoms with Gasteiger partial charge in [-0.05, 0) is 17.5 Å². The molecule has 0 aliphatic rings. The maximum Gasteiger partial charge on any atom is 0.274 e. The van der Waals surface area contributed by atoms with Gasteiger partial charge in [0.15, 0.2) is 0 Å². The van der Waals surface area contributed by atoms with E-state index in [0.717, 1.165) is 16.0 Å². The van der Waals surface area contributed by atoms with Crippen LogP contribution in [0.15, 0.2) is 65.3 Å². The summed E-state index contributed by atoms with van der Waals surface area (Å²) in [5.41, 5.74) is 0.807. The van der Waals surface area contributed by atoms with Crippen molar-refractivity contribution in [2.24, 2.45) is 0 Å². The van der Waals surface area contributed by atoms with Crippen LogP contribution in [0, 0.1) is 0 Å². The molecule has 3 aromatic heterocycles. The number of benzene rings is 1. The molecule has 0 fully saturated rings. The van der Waals surface area contributed by atoms with Crippen LogP contribution < -0.4 is 5.56 Å². The van der Waals surface area contributed by atoms with Gasteiger partial charge >= 0.3 is 0 Å². The molecule has 4 rings (SSSR count). The molecule has 0 saturated heterocycles. The molecule has 0 aliphatic carbocycles. The van der Waals surface area contributed by atoms with Crippen molar-refractivity contribution in [3.8, 4) is 10.6 Å². The number of aryl methyl sites for hydroxylation is 2. The van der Waals surface area contributed by atoms with Crippen molar-refractivity contribution < 1.29 is 0 Å². The zero-order valence-electron chi connectivity index (χ0n) is 12.3. The Hall–Kier alpha value is -2.73. The SMILES string of the molecule is O=c1c2ccccc2c(-c2cccs2)nn1CCn1ccnc1. The first-order valence-corrected chi connectivity index (χ1v) is 8.20. The second kappa shape index (κ2) is 5.81. The third kappa shape index (κ3) is 2.57. The van der Waals surface area contributed by atoms with Crippen LogP contribution in [0.25, 0.3) is 21.3 Å². The number of hydrogen-bond acceptors (Lipinski definition) is 4. The molecule has 0 aliphatic heterocycles. The lowest BCUT2D eigenvalue weighted by Gasteiger charge is -2.10. The van der Waals surface area contributed by atoms with Gasteiger partial charge in [-0.25, -0.2) is 9.67 Å². The van der Waals surface area contributed by atoms with Crippen LogP contribution in [-0.4, -0.2) is 19.3 Å². The molecule has 0 spiro atoms. The van der Waals surface area contributed by atoms with Gasteiger partial charge in [0.1, 0.15) is 5.69 Å². The molecule has 0 amide bonds. The Labute approximate surface area is 136 Å². The largest absolute Gasteiger partial charge is 0.336 e. The first-order valence-electron chi connectivity index (χ1n) is 7.32. The van der Waals surface area contributed by atoms with E-state index in [1.54, 1.807) is 28.5 Å². The van der Waals surface area contributed by atoms with Crippen LogP contribution in [0.1, 0.15) is 0 Å². The summed E-state index contributed by atoms with van der Waals surface area (Å²) >= 11 is 1.63. The molecule has 0 saturated carbocycles. The average Bonchev–Trinajstić information content (AvgIpc) is 3.28. The van der Waals surface area contributed by atoms with Crippen molar-refractivity contribution in [3.63, 3.8) is 0 Å². The fourth-order valence-electron chi connectivity index (χ4n) is 2.61. The normalized spacial score (nSPS) is 11.1. The van der Waals surface area contributed by atoms with E-state index >= 15 is 0 Å². The van der Waals surface area contributed by atoms with Gasteiger partial charge in [-0.15, -0.1) is 11.3 Å². The number of imidazole rings is 1. The first-order chi connectivity index (χ1) is 11.3. The Bertz CT molecular complexity index is 987. The Morgan fingerprint density at radius 1 is 1.04 bits per heavy atom. The van der Waals surface area contributed by atoms with Crippen molar-refractivity contribution in [3.05, 3.63) is 70.9 Å². The number of hydrogen-bond donors (Lipinski definition) is 0. The minimum atomic E-state index is -0.0546. The molecule has 0 radical (unpaired) electrons. The van der Waals surface area contributed by atoms with Crippen molar-refractivity contribution in [2.45, 2.75) is 13.1 Å². The highest BCUT2D eigenvalue weighted by Crippen LogP contribution is 2.28. The van der Waals surface area contributed by atoms with Crippen molar-refractivity contribution in [1.29, 1.82) is 0 Å². The second-order valence-electron chi connectivity index (χ2n) is 5.20. The summed E-state index contributed by atoms with van der Waals surface area (Å²) in [5.74, 6) is 0. The van der Waals surface area contributed by atoms with Gasteiger partial charge in [0.25, 0.3) is 5.56 Å². The molecule has 1 aromatic carbocycles. The minimum absolute atomic E-state index is 0.0546.